The molecule has 0 spiro atoms. The molecule has 10 nitrogen and oxygen atoms in total. The van der Waals surface area contributed by atoms with E-state index in [4.69, 9.17) is 4.74 Å². The number of fused-ring (bicyclic) bond motifs is 1. The first kappa shape index (κ1) is 24.7. The molecule has 2 heterocycles. The molecule has 36 heavy (non-hydrogen) atoms. The average molecular weight is 488 g/mol. The smallest absolute Gasteiger partial charge is 0.330 e. The third kappa shape index (κ3) is 5.61. The number of hydrogen-bond acceptors (Lipinski definition) is 7. The summed E-state index contributed by atoms with van der Waals surface area (Å²) in [6.07, 6.45) is 4.99. The number of urea groups is 1. The molecule has 0 radical (unpaired) electrons. The molecule has 0 bridgehead atoms. The second-order valence-electron chi connectivity index (χ2n) is 8.50. The normalized spacial score (nSPS) is 13.2. The van der Waals surface area contributed by atoms with Crippen LogP contribution in [-0.4, -0.2) is 61.6 Å². The number of rotatable bonds is 8. The first-order valence-corrected chi connectivity index (χ1v) is 11.4. The number of amides is 3. The van der Waals surface area contributed by atoms with E-state index >= 15 is 0 Å². The first-order chi connectivity index (χ1) is 17.4. The van der Waals surface area contributed by atoms with Crippen LogP contribution in [0, 0.1) is 0 Å². The van der Waals surface area contributed by atoms with Crippen LogP contribution in [0.5, 0.6) is 5.75 Å². The van der Waals surface area contributed by atoms with Gasteiger partial charge in [0.15, 0.2) is 0 Å². The van der Waals surface area contributed by atoms with Crippen molar-refractivity contribution in [2.45, 2.75) is 6.54 Å². The predicted molar refractivity (Wildman–Crippen MR) is 141 cm³/mol. The van der Waals surface area contributed by atoms with Gasteiger partial charge in [-0.15, -0.1) is 0 Å². The van der Waals surface area contributed by atoms with Crippen LogP contribution >= 0.6 is 0 Å². The maximum Gasteiger partial charge on any atom is 0.330 e. The lowest BCUT2D eigenvalue weighted by molar-refractivity contribution is -0.111. The Labute approximate surface area is 210 Å². The van der Waals surface area contributed by atoms with E-state index in [1.165, 1.54) is 11.0 Å². The number of hydrogen-bond donors (Lipinski definition) is 2. The lowest BCUT2D eigenvalue weighted by atomic mass is 10.2. The molecule has 186 valence electrons. The zero-order chi connectivity index (χ0) is 25.7. The van der Waals surface area contributed by atoms with Gasteiger partial charge in [0.2, 0.25) is 11.9 Å². The van der Waals surface area contributed by atoms with Gasteiger partial charge in [-0.05, 0) is 44.4 Å². The topological polar surface area (TPSA) is 103 Å². The van der Waals surface area contributed by atoms with Gasteiger partial charge in [-0.2, -0.15) is 4.98 Å². The molecule has 0 unspecified atom stereocenters. The van der Waals surface area contributed by atoms with Gasteiger partial charge < -0.3 is 20.3 Å². The fraction of sp³-hybridized carbons (Fsp3) is 0.231. The summed E-state index contributed by atoms with van der Waals surface area (Å²) in [4.78, 5) is 39.5. The zero-order valence-electron chi connectivity index (χ0n) is 20.7. The molecule has 3 amide bonds. The lowest BCUT2D eigenvalue weighted by Crippen LogP contribution is -2.45. The summed E-state index contributed by atoms with van der Waals surface area (Å²) in [7, 11) is 7.10. The van der Waals surface area contributed by atoms with Gasteiger partial charge in [-0.3, -0.25) is 14.6 Å². The fourth-order valence-electron chi connectivity index (χ4n) is 3.74. The Kier molecular flexibility index (Phi) is 7.45. The Balaban J connectivity index is 1.54. The monoisotopic (exact) mass is 487 g/mol. The molecule has 2 aromatic carbocycles. The molecule has 10 heteroatoms. The Bertz CT molecular complexity index is 1280. The molecule has 1 aromatic heterocycles. The van der Waals surface area contributed by atoms with E-state index < -0.39 is 0 Å². The summed E-state index contributed by atoms with van der Waals surface area (Å²) >= 11 is 0. The van der Waals surface area contributed by atoms with Crippen molar-refractivity contribution in [1.29, 1.82) is 0 Å². The number of para-hydroxylation sites is 1. The lowest BCUT2D eigenvalue weighted by Gasteiger charge is -2.34. The summed E-state index contributed by atoms with van der Waals surface area (Å²) in [6.45, 7) is 1.04. The van der Waals surface area contributed by atoms with Gasteiger partial charge in [0.25, 0.3) is 0 Å². The molecule has 0 atom stereocenters. The molecule has 0 saturated heterocycles. The zero-order valence-corrected chi connectivity index (χ0v) is 20.7. The molecule has 0 saturated carbocycles. The molecular formula is C26H29N7O3. The third-order valence-corrected chi connectivity index (χ3v) is 5.53. The van der Waals surface area contributed by atoms with E-state index in [9.17, 15) is 9.59 Å². The SMILES string of the molecule is COc1ccc(NC(=O)/C=C/CN(C)C)cc1Nc1ncc2c(n1)N(C)C(=O)N(c1ccccc1)C2. The Morgan fingerprint density at radius 3 is 2.69 bits per heavy atom. The van der Waals surface area contributed by atoms with Crippen LogP contribution in [0.4, 0.5) is 33.6 Å². The molecule has 0 fully saturated rings. The number of nitrogens with zero attached hydrogens (tertiary/aromatic N) is 5. The van der Waals surface area contributed by atoms with Crippen LogP contribution in [-0.2, 0) is 11.3 Å². The summed E-state index contributed by atoms with van der Waals surface area (Å²) < 4.78 is 5.46. The predicted octanol–water partition coefficient (Wildman–Crippen LogP) is 3.86. The van der Waals surface area contributed by atoms with Crippen LogP contribution in [0.3, 0.4) is 0 Å². The summed E-state index contributed by atoms with van der Waals surface area (Å²) in [5, 5.41) is 5.99. The van der Waals surface area contributed by atoms with Crippen LogP contribution < -0.4 is 25.2 Å². The minimum Gasteiger partial charge on any atom is -0.495 e. The van der Waals surface area contributed by atoms with Gasteiger partial charge in [0.1, 0.15) is 11.6 Å². The first-order valence-electron chi connectivity index (χ1n) is 11.4. The van der Waals surface area contributed by atoms with E-state index in [0.717, 1.165) is 11.3 Å². The number of aromatic nitrogens is 2. The standard InChI is InChI=1S/C26H29N7O3/c1-31(2)14-8-11-23(34)28-19-12-13-22(36-4)21(15-19)29-25-27-16-18-17-33(20-9-6-5-7-10-20)26(35)32(3)24(18)30-25/h5-13,15-16H,14,17H2,1-4H3,(H,28,34)(H,27,29,30)/b11-8+. The van der Waals surface area contributed by atoms with Crippen molar-refractivity contribution < 1.29 is 14.3 Å². The Morgan fingerprint density at radius 1 is 1.19 bits per heavy atom. The average Bonchev–Trinajstić information content (AvgIpc) is 2.87. The van der Waals surface area contributed by atoms with E-state index in [-0.39, 0.29) is 11.9 Å². The van der Waals surface area contributed by atoms with Gasteiger partial charge in [-0.25, -0.2) is 9.78 Å². The van der Waals surface area contributed by atoms with E-state index in [1.807, 2.05) is 49.3 Å². The van der Waals surface area contributed by atoms with Crippen molar-refractivity contribution in [1.82, 2.24) is 14.9 Å². The number of likely N-dealkylation sites (N-methyl/N-ethyl adjacent to an activating group) is 1. The van der Waals surface area contributed by atoms with Gasteiger partial charge in [-0.1, -0.05) is 24.3 Å². The number of nitrogens with one attached hydrogen (secondary N) is 2. The number of anilines is 5. The third-order valence-electron chi connectivity index (χ3n) is 5.53. The van der Waals surface area contributed by atoms with E-state index in [0.29, 0.717) is 42.0 Å². The van der Waals surface area contributed by atoms with Crippen molar-refractivity contribution in [3.8, 4) is 5.75 Å². The minimum absolute atomic E-state index is 0.178. The summed E-state index contributed by atoms with van der Waals surface area (Å²) in [5.41, 5.74) is 2.79. The van der Waals surface area contributed by atoms with Crippen molar-refractivity contribution >= 4 is 40.8 Å². The summed E-state index contributed by atoms with van der Waals surface area (Å²) in [6, 6.07) is 14.5. The summed E-state index contributed by atoms with van der Waals surface area (Å²) in [5.74, 6) is 1.15. The van der Waals surface area contributed by atoms with Gasteiger partial charge in [0, 0.05) is 42.8 Å². The quantitative estimate of drug-likeness (QED) is 0.465. The van der Waals surface area contributed by atoms with Crippen LogP contribution in [0.15, 0.2) is 66.9 Å². The Hall–Kier alpha value is -4.44. The molecule has 3 aromatic rings. The number of benzene rings is 2. The minimum atomic E-state index is -0.235. The Morgan fingerprint density at radius 2 is 1.97 bits per heavy atom. The second kappa shape index (κ2) is 10.9. The number of ether oxygens (including phenoxy) is 1. The van der Waals surface area contributed by atoms with Gasteiger partial charge >= 0.3 is 6.03 Å². The number of carbonyl (C=O) groups excluding carboxylic acids is 2. The largest absolute Gasteiger partial charge is 0.495 e. The molecule has 4 rings (SSSR count). The highest BCUT2D eigenvalue weighted by Crippen LogP contribution is 2.33. The molecule has 1 aliphatic rings. The van der Waals surface area contributed by atoms with Crippen LogP contribution in [0.2, 0.25) is 0 Å². The maximum atomic E-state index is 13.0. The fourth-order valence-corrected chi connectivity index (χ4v) is 3.74. The highest BCUT2D eigenvalue weighted by Gasteiger charge is 2.30. The van der Waals surface area contributed by atoms with Gasteiger partial charge in [0.05, 0.1) is 19.3 Å². The molecule has 2 N–H and O–H groups in total. The van der Waals surface area contributed by atoms with E-state index in [1.54, 1.807) is 49.5 Å². The van der Waals surface area contributed by atoms with Crippen LogP contribution in [0.1, 0.15) is 5.56 Å². The van der Waals surface area contributed by atoms with Crippen molar-refractivity contribution in [2.24, 2.45) is 0 Å². The second-order valence-corrected chi connectivity index (χ2v) is 8.50. The highest BCUT2D eigenvalue weighted by atomic mass is 16.5. The maximum absolute atomic E-state index is 13.0. The van der Waals surface area contributed by atoms with E-state index in [2.05, 4.69) is 20.6 Å². The van der Waals surface area contributed by atoms with Crippen molar-refractivity contribution in [3.05, 3.63) is 72.4 Å². The highest BCUT2D eigenvalue weighted by molar-refractivity contribution is 6.05. The number of methoxy groups -OCH3 is 1. The van der Waals surface area contributed by atoms with Crippen molar-refractivity contribution in [2.75, 3.05) is 55.2 Å². The molecule has 1 aliphatic heterocycles. The van der Waals surface area contributed by atoms with Crippen molar-refractivity contribution in [3.63, 3.8) is 0 Å². The molecule has 0 aliphatic carbocycles. The van der Waals surface area contributed by atoms with Crippen LogP contribution in [0.25, 0.3) is 0 Å². The number of carbonyl (C=O) groups is 2. The molecular weight excluding hydrogens is 458 g/mol.